The topological polar surface area (TPSA) is 9.23 Å². The molecule has 0 radical (unpaired) electrons. The van der Waals surface area contributed by atoms with E-state index in [-0.39, 0.29) is 15.7 Å². The van der Waals surface area contributed by atoms with Crippen molar-refractivity contribution in [3.05, 3.63) is 66.2 Å². The summed E-state index contributed by atoms with van der Waals surface area (Å²) in [5, 5.41) is 0.889. The second kappa shape index (κ2) is 7.66. The smallest absolute Gasteiger partial charge is 0.205 e. The van der Waals surface area contributed by atoms with Crippen LogP contribution in [0, 0.1) is 0 Å². The Hall–Kier alpha value is -1.03. The molecular formula is C25H36OSSi. The van der Waals surface area contributed by atoms with Crippen LogP contribution < -0.4 is 0 Å². The van der Waals surface area contributed by atoms with Crippen molar-refractivity contribution in [1.29, 1.82) is 0 Å². The fraction of sp³-hybridized carbons (Fsp3) is 0.520. The monoisotopic (exact) mass is 412 g/mol. The lowest BCUT2D eigenvalue weighted by Crippen LogP contribution is -2.62. The average Bonchev–Trinajstić information content (AvgIpc) is 2.61. The maximum atomic E-state index is 7.37. The number of hydrogen-bond acceptors (Lipinski definition) is 2. The highest BCUT2D eigenvalue weighted by Gasteiger charge is 2.61. The van der Waals surface area contributed by atoms with Crippen molar-refractivity contribution < 1.29 is 4.43 Å². The van der Waals surface area contributed by atoms with Crippen LogP contribution in [0.25, 0.3) is 0 Å². The molecule has 3 heteroatoms. The highest BCUT2D eigenvalue weighted by atomic mass is 32.2. The SMILES string of the molecule is CC(C)(C)[Si]1(C(C)(C)C)C[C@H](Sc2ccccc2)C[C@](C)(c2ccccc2)O1. The normalized spacial score (nSPS) is 25.5. The van der Waals surface area contributed by atoms with Crippen molar-refractivity contribution in [2.45, 2.75) is 86.8 Å². The van der Waals surface area contributed by atoms with Crippen LogP contribution in [0.4, 0.5) is 0 Å². The summed E-state index contributed by atoms with van der Waals surface area (Å²) in [6, 6.07) is 23.0. The zero-order valence-corrected chi connectivity index (χ0v) is 20.4. The number of rotatable bonds is 3. The Labute approximate surface area is 177 Å². The van der Waals surface area contributed by atoms with Crippen molar-refractivity contribution in [1.82, 2.24) is 0 Å². The molecule has 0 spiro atoms. The molecule has 0 amide bonds. The lowest BCUT2D eigenvalue weighted by molar-refractivity contribution is 0.0331. The molecule has 0 aromatic heterocycles. The molecule has 28 heavy (non-hydrogen) atoms. The molecule has 1 nitrogen and oxygen atoms in total. The average molecular weight is 413 g/mol. The van der Waals surface area contributed by atoms with Gasteiger partial charge in [0.2, 0.25) is 8.32 Å². The van der Waals surface area contributed by atoms with Gasteiger partial charge in [0.05, 0.1) is 5.60 Å². The largest absolute Gasteiger partial charge is 0.406 e. The summed E-state index contributed by atoms with van der Waals surface area (Å²) in [5.41, 5.74) is 1.08. The van der Waals surface area contributed by atoms with Gasteiger partial charge in [-0.05, 0) is 47.2 Å². The Balaban J connectivity index is 2.08. The third-order valence-corrected chi connectivity index (χ3v) is 14.6. The third-order valence-electron chi connectivity index (χ3n) is 6.39. The van der Waals surface area contributed by atoms with E-state index in [2.05, 4.69) is 121 Å². The Morgan fingerprint density at radius 1 is 0.857 bits per heavy atom. The first-order chi connectivity index (χ1) is 13.0. The van der Waals surface area contributed by atoms with Gasteiger partial charge in [-0.2, -0.15) is 0 Å². The molecule has 1 aliphatic rings. The van der Waals surface area contributed by atoms with Crippen molar-refractivity contribution in [3.63, 3.8) is 0 Å². The fourth-order valence-electron chi connectivity index (χ4n) is 5.08. The molecular weight excluding hydrogens is 376 g/mol. The summed E-state index contributed by atoms with van der Waals surface area (Å²) in [6.07, 6.45) is 1.05. The summed E-state index contributed by atoms with van der Waals surface area (Å²) in [5.74, 6) is 0. The van der Waals surface area contributed by atoms with Gasteiger partial charge in [-0.1, -0.05) is 90.1 Å². The van der Waals surface area contributed by atoms with Gasteiger partial charge >= 0.3 is 0 Å². The molecule has 1 aliphatic heterocycles. The van der Waals surface area contributed by atoms with E-state index >= 15 is 0 Å². The van der Waals surface area contributed by atoms with Crippen LogP contribution in [0.2, 0.25) is 16.1 Å². The number of hydrogen-bond donors (Lipinski definition) is 0. The quantitative estimate of drug-likeness (QED) is 0.472. The van der Waals surface area contributed by atoms with E-state index < -0.39 is 8.32 Å². The van der Waals surface area contributed by atoms with Gasteiger partial charge in [0, 0.05) is 10.1 Å². The predicted molar refractivity (Wildman–Crippen MR) is 126 cm³/mol. The molecule has 0 N–H and O–H groups in total. The minimum absolute atomic E-state index is 0.164. The van der Waals surface area contributed by atoms with E-state index in [4.69, 9.17) is 4.43 Å². The lowest BCUT2D eigenvalue weighted by atomic mass is 9.91. The van der Waals surface area contributed by atoms with Crippen molar-refractivity contribution in [2.24, 2.45) is 0 Å². The lowest BCUT2D eigenvalue weighted by Gasteiger charge is -2.59. The molecule has 2 aromatic carbocycles. The summed E-state index contributed by atoms with van der Waals surface area (Å²) >= 11 is 2.05. The van der Waals surface area contributed by atoms with E-state index in [1.165, 1.54) is 16.5 Å². The van der Waals surface area contributed by atoms with E-state index in [9.17, 15) is 0 Å². The third kappa shape index (κ3) is 4.12. The summed E-state index contributed by atoms with van der Waals surface area (Å²) in [4.78, 5) is 1.37. The van der Waals surface area contributed by atoms with Gasteiger partial charge in [-0.25, -0.2) is 0 Å². The number of thioether (sulfide) groups is 1. The first-order valence-corrected chi connectivity index (χ1v) is 13.4. The van der Waals surface area contributed by atoms with Crippen molar-refractivity contribution in [2.75, 3.05) is 0 Å². The van der Waals surface area contributed by atoms with Crippen molar-refractivity contribution in [3.8, 4) is 0 Å². The molecule has 0 unspecified atom stereocenters. The first-order valence-electron chi connectivity index (χ1n) is 10.4. The zero-order chi connectivity index (χ0) is 20.6. The van der Waals surface area contributed by atoms with Crippen LogP contribution in [0.1, 0.15) is 60.5 Å². The molecule has 1 heterocycles. The van der Waals surface area contributed by atoms with E-state index in [0.29, 0.717) is 5.25 Å². The molecule has 0 aliphatic carbocycles. The molecule has 3 rings (SSSR count). The van der Waals surface area contributed by atoms with E-state index in [0.717, 1.165) is 6.42 Å². The molecule has 2 aromatic rings. The van der Waals surface area contributed by atoms with Crippen LogP contribution in [0.3, 0.4) is 0 Å². The van der Waals surface area contributed by atoms with E-state index in [1.54, 1.807) is 0 Å². The van der Waals surface area contributed by atoms with Gasteiger partial charge in [0.25, 0.3) is 0 Å². The Kier molecular flexibility index (Phi) is 5.93. The van der Waals surface area contributed by atoms with Gasteiger partial charge in [0.15, 0.2) is 0 Å². The van der Waals surface area contributed by atoms with Crippen LogP contribution in [-0.4, -0.2) is 13.6 Å². The van der Waals surface area contributed by atoms with Gasteiger partial charge in [-0.15, -0.1) is 11.8 Å². The van der Waals surface area contributed by atoms with Gasteiger partial charge in [-0.3, -0.25) is 0 Å². The van der Waals surface area contributed by atoms with Crippen molar-refractivity contribution >= 4 is 20.1 Å². The summed E-state index contributed by atoms with van der Waals surface area (Å²) in [6.45, 7) is 16.8. The first kappa shape index (κ1) is 21.7. The second-order valence-electron chi connectivity index (χ2n) is 10.5. The fourth-order valence-corrected chi connectivity index (χ4v) is 13.1. The van der Waals surface area contributed by atoms with Crippen LogP contribution in [-0.2, 0) is 10.0 Å². The maximum absolute atomic E-state index is 7.37. The van der Waals surface area contributed by atoms with Gasteiger partial charge < -0.3 is 4.43 Å². The van der Waals surface area contributed by atoms with Crippen LogP contribution in [0.15, 0.2) is 65.6 Å². The predicted octanol–water partition coefficient (Wildman–Crippen LogP) is 8.03. The summed E-state index contributed by atoms with van der Waals surface area (Å²) in [7, 11) is -2.14. The minimum atomic E-state index is -2.14. The van der Waals surface area contributed by atoms with Gasteiger partial charge in [0.1, 0.15) is 0 Å². The van der Waals surface area contributed by atoms with Crippen LogP contribution >= 0.6 is 11.8 Å². The maximum Gasteiger partial charge on any atom is 0.205 e. The minimum Gasteiger partial charge on any atom is -0.406 e. The molecule has 0 bridgehead atoms. The molecule has 2 atom stereocenters. The molecule has 1 saturated heterocycles. The molecule has 1 fully saturated rings. The summed E-state index contributed by atoms with van der Waals surface area (Å²) < 4.78 is 7.37. The zero-order valence-electron chi connectivity index (χ0n) is 18.6. The highest BCUT2D eigenvalue weighted by molar-refractivity contribution is 8.00. The molecule has 152 valence electrons. The Morgan fingerprint density at radius 2 is 1.36 bits per heavy atom. The van der Waals surface area contributed by atoms with Crippen LogP contribution in [0.5, 0.6) is 0 Å². The Morgan fingerprint density at radius 3 is 1.86 bits per heavy atom. The highest BCUT2D eigenvalue weighted by Crippen LogP contribution is 2.61. The molecule has 0 saturated carbocycles. The Bertz CT molecular complexity index is 762. The van der Waals surface area contributed by atoms with E-state index in [1.807, 2.05) is 0 Å². The number of benzene rings is 2. The second-order valence-corrected chi connectivity index (χ2v) is 17.1. The standard InChI is InChI=1S/C25H36OSSi/c1-23(2,3)28(24(4,5)6)19-22(27-21-16-12-9-13-17-21)18-25(7,26-28)20-14-10-8-11-15-20/h8-17,22H,18-19H2,1-7H3/t22-,25-/m1/s1.